The van der Waals surface area contributed by atoms with Gasteiger partial charge in [0.25, 0.3) is 0 Å². The highest BCUT2D eigenvalue weighted by molar-refractivity contribution is 7.98. The van der Waals surface area contributed by atoms with Gasteiger partial charge in [0.2, 0.25) is 11.1 Å². The van der Waals surface area contributed by atoms with Crippen LogP contribution in [0.5, 0.6) is 0 Å². The van der Waals surface area contributed by atoms with Crippen molar-refractivity contribution in [1.29, 1.82) is 0 Å². The molecular weight excluding hydrogens is 432 g/mol. The maximum absolute atomic E-state index is 12.1. The summed E-state index contributed by atoms with van der Waals surface area (Å²) in [4.78, 5) is 14.2. The Morgan fingerprint density at radius 3 is 2.79 bits per heavy atom. The summed E-state index contributed by atoms with van der Waals surface area (Å²) in [5.41, 5.74) is 12.2. The molecule has 1 aliphatic heterocycles. The van der Waals surface area contributed by atoms with E-state index in [9.17, 15) is 8.42 Å². The molecular formula is C16H20N8O2S3. The molecule has 0 spiro atoms. The molecule has 10 nitrogen and oxygen atoms in total. The van der Waals surface area contributed by atoms with E-state index in [1.807, 2.05) is 23.6 Å². The Labute approximate surface area is 177 Å². The summed E-state index contributed by atoms with van der Waals surface area (Å²) >= 11 is 2.99. The molecule has 3 rings (SSSR count). The summed E-state index contributed by atoms with van der Waals surface area (Å²) in [5.74, 6) is 1.91. The van der Waals surface area contributed by atoms with Gasteiger partial charge in [0.1, 0.15) is 0 Å². The van der Waals surface area contributed by atoms with Crippen LogP contribution in [0.25, 0.3) is 0 Å². The smallest absolute Gasteiger partial charge is 0.346 e. The van der Waals surface area contributed by atoms with Crippen molar-refractivity contribution in [2.75, 3.05) is 19.3 Å². The first-order valence-corrected chi connectivity index (χ1v) is 11.9. The Hall–Kier alpha value is -2.64. The molecule has 0 unspecified atom stereocenters. The normalized spacial score (nSPS) is 16.9. The van der Waals surface area contributed by atoms with Gasteiger partial charge in [-0.1, -0.05) is 30.3 Å². The number of rotatable bonds is 7. The molecule has 2 heterocycles. The van der Waals surface area contributed by atoms with Crippen LogP contribution in [0.1, 0.15) is 11.3 Å². The van der Waals surface area contributed by atoms with Gasteiger partial charge in [0.15, 0.2) is 11.8 Å². The Morgan fingerprint density at radius 2 is 2.07 bits per heavy atom. The van der Waals surface area contributed by atoms with E-state index in [0.717, 1.165) is 5.69 Å². The highest BCUT2D eigenvalue weighted by atomic mass is 32.2. The number of aromatic nitrogens is 1. The topological polar surface area (TPSA) is 151 Å². The molecule has 0 saturated carbocycles. The standard InChI is InChI=1S/C16H20N8O2S3/c1-24-13(11-5-3-2-4-6-11)22-29(25,26)23-15(24)19-7-8-27-9-12-10-28-16(20-12)21-14(17)18/h2-6,10H,7-9H2,1H3,(H,19,23)(H4,17,18,20,21). The highest BCUT2D eigenvalue weighted by Crippen LogP contribution is 2.21. The number of aliphatic imine (C=N–C) groups is 2. The third-order valence-corrected chi connectivity index (χ3v) is 6.21. The second kappa shape index (κ2) is 9.24. The van der Waals surface area contributed by atoms with Crippen LogP contribution < -0.4 is 16.2 Å². The molecule has 5 N–H and O–H groups in total. The van der Waals surface area contributed by atoms with Gasteiger partial charge in [0, 0.05) is 29.5 Å². The fraction of sp³-hybridized carbons (Fsp3) is 0.250. The number of nitrogens with two attached hydrogens (primary N) is 2. The van der Waals surface area contributed by atoms with Crippen LogP contribution in [-0.4, -0.2) is 55.4 Å². The summed E-state index contributed by atoms with van der Waals surface area (Å²) < 4.78 is 30.4. The average molecular weight is 453 g/mol. The van der Waals surface area contributed by atoms with Gasteiger partial charge in [-0.3, -0.25) is 9.89 Å². The molecule has 0 bridgehead atoms. The van der Waals surface area contributed by atoms with E-state index in [1.165, 1.54) is 11.3 Å². The van der Waals surface area contributed by atoms with Crippen LogP contribution in [0, 0.1) is 0 Å². The molecule has 1 aromatic heterocycles. The molecule has 0 amide bonds. The van der Waals surface area contributed by atoms with Crippen molar-refractivity contribution in [2.24, 2.45) is 25.8 Å². The van der Waals surface area contributed by atoms with E-state index in [-0.39, 0.29) is 11.9 Å². The number of nitrogens with zero attached hydrogens (tertiary/aromatic N) is 5. The number of thioether (sulfide) groups is 1. The molecule has 0 fully saturated rings. The van der Waals surface area contributed by atoms with Gasteiger partial charge in [-0.05, 0) is 0 Å². The van der Waals surface area contributed by atoms with Crippen molar-refractivity contribution >= 4 is 56.2 Å². The first kappa shape index (κ1) is 21.1. The maximum Gasteiger partial charge on any atom is 0.346 e. The lowest BCUT2D eigenvalue weighted by Gasteiger charge is -2.27. The maximum atomic E-state index is 12.1. The molecule has 0 saturated heterocycles. The minimum absolute atomic E-state index is 0.0214. The van der Waals surface area contributed by atoms with E-state index in [2.05, 4.69) is 24.1 Å². The quantitative estimate of drug-likeness (QED) is 0.320. The third-order valence-electron chi connectivity index (χ3n) is 3.61. The largest absolute Gasteiger partial charge is 0.370 e. The Balaban J connectivity index is 1.58. The number of thiazole rings is 1. The van der Waals surface area contributed by atoms with Crippen molar-refractivity contribution in [2.45, 2.75) is 5.75 Å². The number of benzene rings is 1. The highest BCUT2D eigenvalue weighted by Gasteiger charge is 2.27. The minimum atomic E-state index is -3.84. The molecule has 1 aliphatic rings. The summed E-state index contributed by atoms with van der Waals surface area (Å²) in [5, 5.41) is 2.42. The van der Waals surface area contributed by atoms with E-state index in [4.69, 9.17) is 11.5 Å². The van der Waals surface area contributed by atoms with Crippen LogP contribution in [-0.2, 0) is 16.0 Å². The Bertz CT molecular complexity index is 1040. The van der Waals surface area contributed by atoms with Crippen LogP contribution in [0.4, 0.5) is 5.13 Å². The lowest BCUT2D eigenvalue weighted by atomic mass is 10.2. The SMILES string of the molecule is CN1C(=NCCSCc2csc(N=C(N)N)n2)NS(=O)(=O)N=C1c1ccccc1. The zero-order valence-electron chi connectivity index (χ0n) is 15.5. The zero-order chi connectivity index (χ0) is 20.9. The van der Waals surface area contributed by atoms with Crippen molar-refractivity contribution < 1.29 is 8.42 Å². The summed E-state index contributed by atoms with van der Waals surface area (Å²) in [7, 11) is -2.12. The average Bonchev–Trinajstić information content (AvgIpc) is 3.11. The van der Waals surface area contributed by atoms with Crippen molar-refractivity contribution in [3.63, 3.8) is 0 Å². The molecule has 0 atom stereocenters. The molecule has 1 aromatic carbocycles. The van der Waals surface area contributed by atoms with E-state index in [0.29, 0.717) is 34.6 Å². The summed E-state index contributed by atoms with van der Waals surface area (Å²) in [6, 6.07) is 9.10. The second-order valence-corrected chi connectivity index (χ2v) is 9.11. The fourth-order valence-corrected chi connectivity index (χ4v) is 4.84. The molecule has 13 heteroatoms. The van der Waals surface area contributed by atoms with Gasteiger partial charge in [0.05, 0.1) is 12.2 Å². The molecule has 2 aromatic rings. The van der Waals surface area contributed by atoms with Gasteiger partial charge < -0.3 is 11.5 Å². The van der Waals surface area contributed by atoms with Crippen molar-refractivity contribution in [3.05, 3.63) is 47.0 Å². The minimum Gasteiger partial charge on any atom is -0.370 e. The summed E-state index contributed by atoms with van der Waals surface area (Å²) in [6.45, 7) is 0.430. The van der Waals surface area contributed by atoms with Crippen LogP contribution in [0.3, 0.4) is 0 Å². The van der Waals surface area contributed by atoms with Crippen LogP contribution in [0.2, 0.25) is 0 Å². The summed E-state index contributed by atoms with van der Waals surface area (Å²) in [6.07, 6.45) is 0. The number of hydrogen-bond donors (Lipinski definition) is 3. The van der Waals surface area contributed by atoms with Crippen molar-refractivity contribution in [3.8, 4) is 0 Å². The van der Waals surface area contributed by atoms with Crippen LogP contribution >= 0.6 is 23.1 Å². The second-order valence-electron chi connectivity index (χ2n) is 5.83. The third kappa shape index (κ3) is 5.92. The fourth-order valence-electron chi connectivity index (χ4n) is 2.37. The van der Waals surface area contributed by atoms with E-state index in [1.54, 1.807) is 35.8 Å². The van der Waals surface area contributed by atoms with Gasteiger partial charge in [-0.15, -0.1) is 15.7 Å². The molecule has 29 heavy (non-hydrogen) atoms. The molecule has 0 aliphatic carbocycles. The number of hydrogen-bond acceptors (Lipinski definition) is 7. The lowest BCUT2D eigenvalue weighted by molar-refractivity contribution is 0.583. The molecule has 154 valence electrons. The first-order valence-electron chi connectivity index (χ1n) is 8.42. The van der Waals surface area contributed by atoms with Crippen molar-refractivity contribution in [1.82, 2.24) is 14.6 Å². The predicted octanol–water partition coefficient (Wildman–Crippen LogP) is 0.864. The van der Waals surface area contributed by atoms with E-state index >= 15 is 0 Å². The zero-order valence-corrected chi connectivity index (χ0v) is 18.0. The number of guanidine groups is 2. The van der Waals surface area contributed by atoms with Gasteiger partial charge in [-0.25, -0.2) is 9.71 Å². The Kier molecular flexibility index (Phi) is 6.71. The number of nitrogens with one attached hydrogen (secondary N) is 1. The van der Waals surface area contributed by atoms with Gasteiger partial charge >= 0.3 is 10.2 Å². The molecule has 0 radical (unpaired) electrons. The lowest BCUT2D eigenvalue weighted by Crippen LogP contribution is -2.49. The predicted molar refractivity (Wildman–Crippen MR) is 119 cm³/mol. The monoisotopic (exact) mass is 452 g/mol. The van der Waals surface area contributed by atoms with Crippen LogP contribution in [0.15, 0.2) is 50.1 Å². The first-order chi connectivity index (χ1) is 13.8. The Morgan fingerprint density at radius 1 is 1.31 bits per heavy atom. The van der Waals surface area contributed by atoms with E-state index < -0.39 is 10.2 Å². The van der Waals surface area contributed by atoms with Gasteiger partial charge in [-0.2, -0.15) is 25.2 Å². The number of amidine groups is 1.